The van der Waals surface area contributed by atoms with E-state index in [9.17, 15) is 18.6 Å². The molecule has 0 saturated heterocycles. The monoisotopic (exact) mass is 347 g/mol. The Balaban J connectivity index is 1.93. The zero-order valence-electron chi connectivity index (χ0n) is 13.3. The number of nitrogens with one attached hydrogen (secondary N) is 1. The third-order valence-corrected chi connectivity index (χ3v) is 6.10. The van der Waals surface area contributed by atoms with Crippen LogP contribution in [0.3, 0.4) is 0 Å². The van der Waals surface area contributed by atoms with Gasteiger partial charge in [-0.3, -0.25) is 0 Å². The SMILES string of the molecule is Cc1ccccc1C1CC(O)C(O)C1NS(=O)(=O)c1ccccc1. The summed E-state index contributed by atoms with van der Waals surface area (Å²) in [5, 5.41) is 20.4. The molecule has 4 unspecified atom stereocenters. The maximum Gasteiger partial charge on any atom is 0.240 e. The Morgan fingerprint density at radius 2 is 1.62 bits per heavy atom. The number of aliphatic hydroxyl groups is 2. The van der Waals surface area contributed by atoms with Crippen LogP contribution in [0.4, 0.5) is 0 Å². The molecule has 6 heteroatoms. The summed E-state index contributed by atoms with van der Waals surface area (Å²) in [5.41, 5.74) is 1.95. The lowest BCUT2D eigenvalue weighted by Gasteiger charge is -2.24. The lowest BCUT2D eigenvalue weighted by Crippen LogP contribution is -2.45. The van der Waals surface area contributed by atoms with Gasteiger partial charge in [-0.05, 0) is 36.6 Å². The topological polar surface area (TPSA) is 86.6 Å². The molecular formula is C18H21NO4S. The molecule has 1 saturated carbocycles. The van der Waals surface area contributed by atoms with Crippen LogP contribution in [0.25, 0.3) is 0 Å². The molecular weight excluding hydrogens is 326 g/mol. The molecule has 0 bridgehead atoms. The van der Waals surface area contributed by atoms with Crippen molar-refractivity contribution >= 4 is 10.0 Å². The third-order valence-electron chi connectivity index (χ3n) is 4.62. The highest BCUT2D eigenvalue weighted by atomic mass is 32.2. The van der Waals surface area contributed by atoms with E-state index in [0.717, 1.165) is 11.1 Å². The Morgan fingerprint density at radius 3 is 2.29 bits per heavy atom. The van der Waals surface area contributed by atoms with Gasteiger partial charge in [-0.2, -0.15) is 0 Å². The van der Waals surface area contributed by atoms with Gasteiger partial charge in [0.15, 0.2) is 0 Å². The molecule has 3 N–H and O–H groups in total. The van der Waals surface area contributed by atoms with Crippen molar-refractivity contribution in [2.24, 2.45) is 0 Å². The van der Waals surface area contributed by atoms with Crippen LogP contribution in [-0.2, 0) is 10.0 Å². The third kappa shape index (κ3) is 3.23. The Kier molecular flexibility index (Phi) is 4.73. The number of rotatable bonds is 4. The van der Waals surface area contributed by atoms with Crippen LogP contribution in [0, 0.1) is 6.92 Å². The molecule has 0 radical (unpaired) electrons. The van der Waals surface area contributed by atoms with Crippen LogP contribution >= 0.6 is 0 Å². The molecule has 0 heterocycles. The van der Waals surface area contributed by atoms with Gasteiger partial charge in [0.2, 0.25) is 10.0 Å². The van der Waals surface area contributed by atoms with Gasteiger partial charge in [0.05, 0.1) is 23.1 Å². The highest BCUT2D eigenvalue weighted by Gasteiger charge is 2.44. The Hall–Kier alpha value is -1.73. The summed E-state index contributed by atoms with van der Waals surface area (Å²) in [4.78, 5) is 0.141. The minimum Gasteiger partial charge on any atom is -0.390 e. The van der Waals surface area contributed by atoms with Crippen LogP contribution < -0.4 is 4.72 Å². The largest absolute Gasteiger partial charge is 0.390 e. The summed E-state index contributed by atoms with van der Waals surface area (Å²) < 4.78 is 27.8. The molecule has 4 atom stereocenters. The molecule has 2 aromatic rings. The van der Waals surface area contributed by atoms with Crippen molar-refractivity contribution in [2.45, 2.75) is 42.4 Å². The fourth-order valence-corrected chi connectivity index (χ4v) is 4.66. The number of aliphatic hydroxyl groups excluding tert-OH is 2. The minimum absolute atomic E-state index is 0.141. The number of aryl methyl sites for hydroxylation is 1. The number of hydrogen-bond donors (Lipinski definition) is 3. The van der Waals surface area contributed by atoms with Crippen LogP contribution in [0.2, 0.25) is 0 Å². The average molecular weight is 347 g/mol. The highest BCUT2D eigenvalue weighted by molar-refractivity contribution is 7.89. The van der Waals surface area contributed by atoms with Gasteiger partial charge in [0.1, 0.15) is 0 Å². The van der Waals surface area contributed by atoms with E-state index >= 15 is 0 Å². The molecule has 1 fully saturated rings. The van der Waals surface area contributed by atoms with Crippen LogP contribution in [0.1, 0.15) is 23.5 Å². The van der Waals surface area contributed by atoms with Gasteiger partial charge < -0.3 is 10.2 Å². The Morgan fingerprint density at radius 1 is 1.00 bits per heavy atom. The molecule has 128 valence electrons. The fraction of sp³-hybridized carbons (Fsp3) is 0.333. The standard InChI is InChI=1S/C18H21NO4S/c1-12-7-5-6-10-14(12)15-11-16(20)18(21)17(15)19-24(22,23)13-8-3-2-4-9-13/h2-10,15-21H,11H2,1H3. The minimum atomic E-state index is -3.77. The van der Waals surface area contributed by atoms with E-state index in [-0.39, 0.29) is 10.8 Å². The van der Waals surface area contributed by atoms with Crippen molar-refractivity contribution in [1.82, 2.24) is 4.72 Å². The van der Waals surface area contributed by atoms with Crippen molar-refractivity contribution in [3.63, 3.8) is 0 Å². The predicted molar refractivity (Wildman–Crippen MR) is 91.1 cm³/mol. The molecule has 1 aliphatic carbocycles. The second kappa shape index (κ2) is 6.64. The van der Waals surface area contributed by atoms with Crippen molar-refractivity contribution in [2.75, 3.05) is 0 Å². The Labute approximate surface area is 142 Å². The Bertz CT molecular complexity index is 807. The van der Waals surface area contributed by atoms with Gasteiger partial charge >= 0.3 is 0 Å². The number of sulfonamides is 1. The summed E-state index contributed by atoms with van der Waals surface area (Å²) in [5.74, 6) is -0.283. The van der Waals surface area contributed by atoms with Crippen molar-refractivity contribution in [3.8, 4) is 0 Å². The molecule has 5 nitrogen and oxygen atoms in total. The lowest BCUT2D eigenvalue weighted by atomic mass is 9.91. The molecule has 1 aliphatic rings. The maximum absolute atomic E-state index is 12.6. The maximum atomic E-state index is 12.6. The van der Waals surface area contributed by atoms with E-state index in [1.807, 2.05) is 31.2 Å². The highest BCUT2D eigenvalue weighted by Crippen LogP contribution is 2.37. The molecule has 24 heavy (non-hydrogen) atoms. The first kappa shape index (κ1) is 17.1. The summed E-state index contributed by atoms with van der Waals surface area (Å²) in [6.45, 7) is 1.94. The fourth-order valence-electron chi connectivity index (χ4n) is 3.35. The van der Waals surface area contributed by atoms with Crippen LogP contribution in [0.15, 0.2) is 59.5 Å². The lowest BCUT2D eigenvalue weighted by molar-refractivity contribution is 0.0338. The summed E-state index contributed by atoms with van der Waals surface area (Å²) >= 11 is 0. The first-order valence-corrected chi connectivity index (χ1v) is 9.37. The quantitative estimate of drug-likeness (QED) is 0.783. The van der Waals surface area contributed by atoms with E-state index in [1.54, 1.807) is 18.2 Å². The number of hydrogen-bond acceptors (Lipinski definition) is 4. The van der Waals surface area contributed by atoms with Gasteiger partial charge in [-0.25, -0.2) is 13.1 Å². The first-order chi connectivity index (χ1) is 11.4. The summed E-state index contributed by atoms with van der Waals surface area (Å²) in [7, 11) is -3.77. The van der Waals surface area contributed by atoms with Crippen molar-refractivity contribution < 1.29 is 18.6 Å². The summed E-state index contributed by atoms with van der Waals surface area (Å²) in [6, 6.07) is 14.9. The van der Waals surface area contributed by atoms with E-state index in [0.29, 0.717) is 6.42 Å². The molecule has 0 aromatic heterocycles. The van der Waals surface area contributed by atoms with Gasteiger partial charge in [0.25, 0.3) is 0 Å². The molecule has 2 aromatic carbocycles. The molecule has 0 spiro atoms. The second-order valence-electron chi connectivity index (χ2n) is 6.22. The second-order valence-corrected chi connectivity index (χ2v) is 7.93. The van der Waals surface area contributed by atoms with E-state index < -0.39 is 28.3 Å². The zero-order valence-corrected chi connectivity index (χ0v) is 14.1. The van der Waals surface area contributed by atoms with Crippen molar-refractivity contribution in [1.29, 1.82) is 0 Å². The van der Waals surface area contributed by atoms with E-state index in [2.05, 4.69) is 4.72 Å². The van der Waals surface area contributed by atoms with Gasteiger partial charge in [0, 0.05) is 5.92 Å². The zero-order chi connectivity index (χ0) is 17.3. The van der Waals surface area contributed by atoms with Gasteiger partial charge in [-0.15, -0.1) is 0 Å². The van der Waals surface area contributed by atoms with E-state index in [1.165, 1.54) is 12.1 Å². The normalized spacial score (nSPS) is 27.3. The first-order valence-electron chi connectivity index (χ1n) is 7.89. The van der Waals surface area contributed by atoms with Crippen molar-refractivity contribution in [3.05, 3.63) is 65.7 Å². The summed E-state index contributed by atoms with van der Waals surface area (Å²) in [6.07, 6.45) is -1.79. The molecule has 0 aliphatic heterocycles. The molecule has 3 rings (SSSR count). The van der Waals surface area contributed by atoms with Crippen LogP contribution in [-0.4, -0.2) is 36.9 Å². The average Bonchev–Trinajstić information content (AvgIpc) is 2.84. The smallest absolute Gasteiger partial charge is 0.240 e. The van der Waals surface area contributed by atoms with Gasteiger partial charge in [-0.1, -0.05) is 42.5 Å². The van der Waals surface area contributed by atoms with Crippen LogP contribution in [0.5, 0.6) is 0 Å². The molecule has 0 amide bonds. The van der Waals surface area contributed by atoms with E-state index in [4.69, 9.17) is 0 Å². The predicted octanol–water partition coefficient (Wildman–Crippen LogP) is 1.55. The number of benzene rings is 2.